The molecule has 0 aliphatic heterocycles. The number of hydrogen-bond acceptors (Lipinski definition) is 0. The molecule has 0 unspecified atom stereocenters. The van der Waals surface area contributed by atoms with Crippen molar-refractivity contribution >= 4 is 11.6 Å². The lowest BCUT2D eigenvalue weighted by Crippen LogP contribution is -2.17. The number of halogens is 5. The Morgan fingerprint density at radius 3 is 1.43 bits per heavy atom. The summed E-state index contributed by atoms with van der Waals surface area (Å²) in [5, 5.41) is 0. The van der Waals surface area contributed by atoms with E-state index < -0.39 is 11.8 Å². The van der Waals surface area contributed by atoms with Crippen molar-refractivity contribution in [2.24, 2.45) is 0 Å². The van der Waals surface area contributed by atoms with Gasteiger partial charge in [0, 0.05) is 0 Å². The van der Waals surface area contributed by atoms with Crippen molar-refractivity contribution in [1.29, 1.82) is 0 Å². The summed E-state index contributed by atoms with van der Waals surface area (Å²) in [5.74, 6) is 0. The maximum absolute atomic E-state index is 10.8. The van der Waals surface area contributed by atoms with Crippen LogP contribution in [0, 0.1) is 0 Å². The van der Waals surface area contributed by atoms with E-state index in [4.69, 9.17) is 0 Å². The third-order valence-corrected chi connectivity index (χ3v) is 0.495. The van der Waals surface area contributed by atoms with Crippen molar-refractivity contribution < 1.29 is 17.6 Å². The highest BCUT2D eigenvalue weighted by atomic mass is 35.5. The van der Waals surface area contributed by atoms with Gasteiger partial charge in [0.25, 0.3) is 5.63 Å². The minimum Gasteiger partial charge on any atom is -0.220 e. The van der Waals surface area contributed by atoms with Crippen molar-refractivity contribution in [2.45, 2.75) is 11.8 Å². The van der Waals surface area contributed by atoms with Gasteiger partial charge in [0.1, 0.15) is 0 Å². The minimum atomic E-state index is -4.90. The molecular formula is C2HClF4. The summed E-state index contributed by atoms with van der Waals surface area (Å²) in [4.78, 5) is 0. The first-order valence-electron chi connectivity index (χ1n) is 1.29. The van der Waals surface area contributed by atoms with Gasteiger partial charge in [-0.25, -0.2) is 4.39 Å². The Balaban J connectivity index is 3.54. The van der Waals surface area contributed by atoms with Gasteiger partial charge in [-0.3, -0.25) is 0 Å². The maximum Gasteiger partial charge on any atom is 0.433 e. The van der Waals surface area contributed by atoms with Crippen LogP contribution in [0.3, 0.4) is 0 Å². The van der Waals surface area contributed by atoms with E-state index in [-0.39, 0.29) is 0 Å². The van der Waals surface area contributed by atoms with Gasteiger partial charge in [0.05, 0.1) is 0 Å². The van der Waals surface area contributed by atoms with Gasteiger partial charge in [0.15, 0.2) is 0 Å². The van der Waals surface area contributed by atoms with Crippen LogP contribution in [0.5, 0.6) is 0 Å². The summed E-state index contributed by atoms with van der Waals surface area (Å²) in [6.45, 7) is 0. The molecule has 0 radical (unpaired) electrons. The minimum absolute atomic E-state index is 3.23. The Morgan fingerprint density at radius 1 is 1.29 bits per heavy atom. The second-order valence-corrected chi connectivity index (χ2v) is 1.23. The van der Waals surface area contributed by atoms with Crippen molar-refractivity contribution in [3.63, 3.8) is 0 Å². The first kappa shape index (κ1) is 7.01. The Kier molecular flexibility index (Phi) is 1.86. The molecule has 0 fully saturated rings. The van der Waals surface area contributed by atoms with E-state index in [0.717, 1.165) is 0 Å². The second-order valence-electron chi connectivity index (χ2n) is 0.842. The molecular weight excluding hydrogens is 135 g/mol. The molecule has 0 saturated heterocycles. The van der Waals surface area contributed by atoms with Gasteiger partial charge >= 0.3 is 6.18 Å². The lowest BCUT2D eigenvalue weighted by Gasteiger charge is -2.01. The van der Waals surface area contributed by atoms with Crippen LogP contribution in [0.25, 0.3) is 0 Å². The predicted octanol–water partition coefficient (Wildman–Crippen LogP) is 2.08. The Labute approximate surface area is 42.1 Å². The average molecular weight is 136 g/mol. The van der Waals surface area contributed by atoms with Gasteiger partial charge in [-0.2, -0.15) is 13.2 Å². The van der Waals surface area contributed by atoms with E-state index in [0.29, 0.717) is 0 Å². The van der Waals surface area contributed by atoms with Crippen LogP contribution in [0.4, 0.5) is 17.6 Å². The molecule has 0 heterocycles. The van der Waals surface area contributed by atoms with Crippen molar-refractivity contribution in [3.8, 4) is 0 Å². The summed E-state index contributed by atoms with van der Waals surface area (Å²) < 4.78 is 42.9. The SMILES string of the molecule is F[C@@H](Cl)C(F)(F)F. The standard InChI is InChI=1S/C2HClF4/c3-1(4)2(5,6)7/h1H/t1-/m1/s1. The lowest BCUT2D eigenvalue weighted by atomic mass is 10.7. The van der Waals surface area contributed by atoms with E-state index in [1.165, 1.54) is 0 Å². The molecule has 0 aliphatic rings. The first-order valence-corrected chi connectivity index (χ1v) is 1.73. The van der Waals surface area contributed by atoms with Crippen LogP contribution < -0.4 is 0 Å². The molecule has 0 rings (SSSR count). The molecule has 44 valence electrons. The highest BCUT2D eigenvalue weighted by molar-refractivity contribution is 6.20. The molecule has 0 spiro atoms. The number of hydrogen-bond donors (Lipinski definition) is 0. The first-order chi connectivity index (χ1) is 2.94. The van der Waals surface area contributed by atoms with Crippen LogP contribution in [-0.4, -0.2) is 11.8 Å². The van der Waals surface area contributed by atoms with Crippen molar-refractivity contribution in [1.82, 2.24) is 0 Å². The molecule has 0 aromatic rings. The fourth-order valence-corrected chi connectivity index (χ4v) is 0. The van der Waals surface area contributed by atoms with Gasteiger partial charge in [-0.05, 0) is 0 Å². The van der Waals surface area contributed by atoms with Gasteiger partial charge in [-0.1, -0.05) is 11.6 Å². The molecule has 0 aliphatic carbocycles. The van der Waals surface area contributed by atoms with E-state index in [2.05, 4.69) is 11.6 Å². The number of alkyl halides is 5. The fraction of sp³-hybridized carbons (Fsp3) is 1.00. The highest BCUT2D eigenvalue weighted by Crippen LogP contribution is 2.24. The zero-order valence-electron chi connectivity index (χ0n) is 2.97. The quantitative estimate of drug-likeness (QED) is 0.353. The topological polar surface area (TPSA) is 0 Å². The zero-order chi connectivity index (χ0) is 6.08. The molecule has 0 N–H and O–H groups in total. The third-order valence-electron chi connectivity index (χ3n) is 0.247. The summed E-state index contributed by atoms with van der Waals surface area (Å²) in [6.07, 6.45) is -4.90. The second kappa shape index (κ2) is 1.86. The third kappa shape index (κ3) is 2.68. The highest BCUT2D eigenvalue weighted by Gasteiger charge is 2.38. The largest absolute Gasteiger partial charge is 0.433 e. The summed E-state index contributed by atoms with van der Waals surface area (Å²) in [7, 11) is 0. The van der Waals surface area contributed by atoms with Crippen LogP contribution in [0.1, 0.15) is 0 Å². The molecule has 0 aromatic carbocycles. The molecule has 1 atom stereocenters. The van der Waals surface area contributed by atoms with Crippen LogP contribution in [0.2, 0.25) is 0 Å². The Hall–Kier alpha value is 0.01000. The van der Waals surface area contributed by atoms with E-state index in [1.807, 2.05) is 0 Å². The van der Waals surface area contributed by atoms with Gasteiger partial charge in [-0.15, -0.1) is 0 Å². The van der Waals surface area contributed by atoms with Crippen molar-refractivity contribution in [3.05, 3.63) is 0 Å². The molecule has 5 heteroatoms. The van der Waals surface area contributed by atoms with Gasteiger partial charge in [0.2, 0.25) is 0 Å². The Bertz CT molecular complexity index is 55.2. The zero-order valence-corrected chi connectivity index (χ0v) is 3.72. The average Bonchev–Trinajstić information content (AvgIpc) is 1.31. The smallest absolute Gasteiger partial charge is 0.220 e. The summed E-state index contributed by atoms with van der Waals surface area (Å²) in [6, 6.07) is 0. The summed E-state index contributed by atoms with van der Waals surface area (Å²) in [5.41, 5.74) is -3.23. The summed E-state index contributed by atoms with van der Waals surface area (Å²) >= 11 is 3.96. The van der Waals surface area contributed by atoms with E-state index >= 15 is 0 Å². The molecule has 0 saturated carbocycles. The molecule has 0 nitrogen and oxygen atoms in total. The lowest BCUT2D eigenvalue weighted by molar-refractivity contribution is -0.156. The van der Waals surface area contributed by atoms with Crippen molar-refractivity contribution in [2.75, 3.05) is 0 Å². The van der Waals surface area contributed by atoms with Crippen LogP contribution in [0.15, 0.2) is 0 Å². The molecule has 0 bridgehead atoms. The fourth-order valence-electron chi connectivity index (χ4n) is 0. The van der Waals surface area contributed by atoms with E-state index in [9.17, 15) is 17.6 Å². The number of rotatable bonds is 0. The van der Waals surface area contributed by atoms with Gasteiger partial charge < -0.3 is 0 Å². The van der Waals surface area contributed by atoms with E-state index in [1.54, 1.807) is 0 Å². The predicted molar refractivity (Wildman–Crippen MR) is 16.8 cm³/mol. The van der Waals surface area contributed by atoms with Crippen LogP contribution in [-0.2, 0) is 0 Å². The normalized spacial score (nSPS) is 16.7. The monoisotopic (exact) mass is 136 g/mol. The molecule has 7 heavy (non-hydrogen) atoms. The molecule has 0 aromatic heterocycles. The maximum atomic E-state index is 10.8. The Morgan fingerprint density at radius 2 is 1.43 bits per heavy atom. The molecule has 0 amide bonds. The van der Waals surface area contributed by atoms with Crippen LogP contribution >= 0.6 is 11.6 Å².